The Hall–Kier alpha value is -7.57. The van der Waals surface area contributed by atoms with E-state index in [1.165, 1.54) is 10.8 Å². The molecule has 256 valence electrons. The summed E-state index contributed by atoms with van der Waals surface area (Å²) < 4.78 is 11.1. The van der Waals surface area contributed by atoms with Gasteiger partial charge in [0, 0.05) is 49.1 Å². The zero-order valence-corrected chi connectivity index (χ0v) is 29.4. The number of aromatic nitrogens is 5. The van der Waals surface area contributed by atoms with Crippen molar-refractivity contribution in [2.75, 3.05) is 0 Å². The zero-order valence-electron chi connectivity index (χ0n) is 29.4. The molecule has 0 N–H and O–H groups in total. The van der Waals surface area contributed by atoms with E-state index in [-0.39, 0.29) is 0 Å². The van der Waals surface area contributed by atoms with Crippen molar-refractivity contribution in [1.82, 2.24) is 24.1 Å². The number of nitrogens with zero attached hydrogens (tertiary/aromatic N) is 5. The second kappa shape index (κ2) is 11.5. The molecular formula is C49H29N5O. The molecule has 4 heterocycles. The number of hydrogen-bond donors (Lipinski definition) is 0. The Bertz CT molecular complexity index is 3490. The van der Waals surface area contributed by atoms with E-state index < -0.39 is 0 Å². The Morgan fingerprint density at radius 3 is 1.67 bits per heavy atom. The number of fused-ring (bicyclic) bond motifs is 11. The van der Waals surface area contributed by atoms with Gasteiger partial charge in [-0.05, 0) is 59.3 Å². The minimum atomic E-state index is 0.547. The first-order chi connectivity index (χ1) is 27.3. The van der Waals surface area contributed by atoms with Crippen LogP contribution >= 0.6 is 0 Å². The molecule has 12 aromatic rings. The first-order valence-electron chi connectivity index (χ1n) is 18.5. The largest absolute Gasteiger partial charge is 0.456 e. The normalized spacial score (nSPS) is 12.0. The Labute approximate surface area is 314 Å². The van der Waals surface area contributed by atoms with Gasteiger partial charge < -0.3 is 8.98 Å². The summed E-state index contributed by atoms with van der Waals surface area (Å²) in [4.78, 5) is 15.8. The van der Waals surface area contributed by atoms with Crippen LogP contribution in [0.25, 0.3) is 111 Å². The molecule has 6 heteroatoms. The molecule has 0 atom stereocenters. The Balaban J connectivity index is 1.20. The Kier molecular flexibility index (Phi) is 6.24. The molecule has 0 aliphatic rings. The molecule has 0 radical (unpaired) electrons. The number of furan rings is 1. The summed E-state index contributed by atoms with van der Waals surface area (Å²) in [6.45, 7) is 0. The second-order valence-corrected chi connectivity index (χ2v) is 14.0. The lowest BCUT2D eigenvalue weighted by Crippen LogP contribution is -2.06. The monoisotopic (exact) mass is 703 g/mol. The van der Waals surface area contributed by atoms with Gasteiger partial charge >= 0.3 is 0 Å². The molecule has 4 aromatic heterocycles. The van der Waals surface area contributed by atoms with E-state index >= 15 is 0 Å². The van der Waals surface area contributed by atoms with E-state index in [9.17, 15) is 0 Å². The molecule has 0 spiro atoms. The fourth-order valence-corrected chi connectivity index (χ4v) is 8.58. The standard InChI is InChI=1S/C49H29N5O/c1-3-15-30(16-4-1)47-50-48(39-28-45-46(35-22-8-7-19-32(35)39)36-23-11-14-26-44(36)55-45)52-49(51-47)54-41-25-13-10-21-34(41)38-27-37-33-20-9-12-24-40(33)53(42(37)29-43(38)54)31-17-5-2-6-18-31/h1-29H. The SMILES string of the molecule is c1ccc(-c2nc(-c3cc4oc5ccccc5c4c4ccccc34)nc(-n3c4ccccc4c4cc5c6ccccc6n(-c6ccccc6)c5cc43)n2)cc1. The van der Waals surface area contributed by atoms with Crippen LogP contribution in [0.4, 0.5) is 0 Å². The summed E-state index contributed by atoms with van der Waals surface area (Å²) >= 11 is 0. The van der Waals surface area contributed by atoms with Gasteiger partial charge in [-0.3, -0.25) is 4.57 Å². The number of benzene rings is 8. The highest BCUT2D eigenvalue weighted by Gasteiger charge is 2.23. The van der Waals surface area contributed by atoms with Crippen molar-refractivity contribution >= 4 is 76.3 Å². The van der Waals surface area contributed by atoms with Gasteiger partial charge in [0.2, 0.25) is 5.95 Å². The van der Waals surface area contributed by atoms with Crippen LogP contribution in [-0.2, 0) is 0 Å². The highest BCUT2D eigenvalue weighted by Crippen LogP contribution is 2.42. The van der Waals surface area contributed by atoms with Crippen molar-refractivity contribution in [1.29, 1.82) is 0 Å². The van der Waals surface area contributed by atoms with Crippen LogP contribution in [0, 0.1) is 0 Å². The topological polar surface area (TPSA) is 61.7 Å². The van der Waals surface area contributed by atoms with Gasteiger partial charge in [0.15, 0.2) is 11.6 Å². The van der Waals surface area contributed by atoms with Crippen LogP contribution in [0.1, 0.15) is 0 Å². The average molecular weight is 704 g/mol. The quantitative estimate of drug-likeness (QED) is 0.183. The molecule has 0 unspecified atom stereocenters. The van der Waals surface area contributed by atoms with Crippen molar-refractivity contribution in [2.45, 2.75) is 0 Å². The molecule has 0 amide bonds. The van der Waals surface area contributed by atoms with Crippen molar-refractivity contribution in [3.8, 4) is 34.4 Å². The molecule has 0 bridgehead atoms. The maximum absolute atomic E-state index is 6.49. The maximum atomic E-state index is 6.49. The highest BCUT2D eigenvalue weighted by molar-refractivity contribution is 6.22. The lowest BCUT2D eigenvalue weighted by molar-refractivity contribution is 0.669. The number of para-hydroxylation sites is 4. The van der Waals surface area contributed by atoms with E-state index in [1.807, 2.05) is 30.3 Å². The van der Waals surface area contributed by atoms with Gasteiger partial charge in [-0.15, -0.1) is 0 Å². The molecule has 55 heavy (non-hydrogen) atoms. The zero-order chi connectivity index (χ0) is 36.0. The van der Waals surface area contributed by atoms with Gasteiger partial charge in [-0.1, -0.05) is 127 Å². The minimum Gasteiger partial charge on any atom is -0.456 e. The van der Waals surface area contributed by atoms with E-state index in [4.69, 9.17) is 19.4 Å². The fraction of sp³-hybridized carbons (Fsp3) is 0. The first-order valence-corrected chi connectivity index (χ1v) is 18.5. The van der Waals surface area contributed by atoms with Gasteiger partial charge in [0.1, 0.15) is 11.2 Å². The number of rotatable bonds is 4. The minimum absolute atomic E-state index is 0.547. The summed E-state index contributed by atoms with van der Waals surface area (Å²) in [5.41, 5.74) is 8.87. The summed E-state index contributed by atoms with van der Waals surface area (Å²) in [6, 6.07) is 61.3. The van der Waals surface area contributed by atoms with Crippen molar-refractivity contribution < 1.29 is 4.42 Å². The van der Waals surface area contributed by atoms with Gasteiger partial charge in [0.05, 0.1) is 22.1 Å². The molecule has 0 fully saturated rings. The van der Waals surface area contributed by atoms with E-state index in [0.717, 1.165) is 82.4 Å². The van der Waals surface area contributed by atoms with Gasteiger partial charge in [0.25, 0.3) is 0 Å². The lowest BCUT2D eigenvalue weighted by atomic mass is 9.98. The van der Waals surface area contributed by atoms with Crippen LogP contribution < -0.4 is 0 Å². The van der Waals surface area contributed by atoms with Gasteiger partial charge in [-0.2, -0.15) is 9.97 Å². The van der Waals surface area contributed by atoms with Crippen LogP contribution in [0.2, 0.25) is 0 Å². The third-order valence-electron chi connectivity index (χ3n) is 11.0. The van der Waals surface area contributed by atoms with Gasteiger partial charge in [-0.25, -0.2) is 4.98 Å². The van der Waals surface area contributed by atoms with Crippen LogP contribution in [-0.4, -0.2) is 24.1 Å². The predicted octanol–water partition coefficient (Wildman–Crippen LogP) is 12.5. The molecule has 0 saturated heterocycles. The summed E-state index contributed by atoms with van der Waals surface area (Å²) in [6.07, 6.45) is 0. The Morgan fingerprint density at radius 1 is 0.364 bits per heavy atom. The average Bonchev–Trinajstić information content (AvgIpc) is 3.90. The number of hydrogen-bond acceptors (Lipinski definition) is 4. The molecule has 0 aliphatic heterocycles. The summed E-state index contributed by atoms with van der Waals surface area (Å²) in [5, 5.41) is 9.00. The molecule has 8 aromatic carbocycles. The highest BCUT2D eigenvalue weighted by atomic mass is 16.3. The van der Waals surface area contributed by atoms with Crippen molar-refractivity contribution in [2.24, 2.45) is 0 Å². The first kappa shape index (κ1) is 29.9. The lowest BCUT2D eigenvalue weighted by Gasteiger charge is -2.13. The van der Waals surface area contributed by atoms with Crippen molar-refractivity contribution in [3.63, 3.8) is 0 Å². The van der Waals surface area contributed by atoms with Crippen LogP contribution in [0.5, 0.6) is 0 Å². The van der Waals surface area contributed by atoms with E-state index in [2.05, 4.69) is 155 Å². The van der Waals surface area contributed by atoms with E-state index in [1.54, 1.807) is 0 Å². The molecule has 0 aliphatic carbocycles. The van der Waals surface area contributed by atoms with Crippen molar-refractivity contribution in [3.05, 3.63) is 176 Å². The molecule has 0 saturated carbocycles. The third-order valence-corrected chi connectivity index (χ3v) is 11.0. The molecule has 12 rings (SSSR count). The fourth-order valence-electron chi connectivity index (χ4n) is 8.58. The predicted molar refractivity (Wildman–Crippen MR) is 224 cm³/mol. The van der Waals surface area contributed by atoms with Crippen LogP contribution in [0.15, 0.2) is 180 Å². The smallest absolute Gasteiger partial charge is 0.238 e. The Morgan fingerprint density at radius 2 is 0.927 bits per heavy atom. The van der Waals surface area contributed by atoms with Crippen LogP contribution in [0.3, 0.4) is 0 Å². The summed E-state index contributed by atoms with van der Waals surface area (Å²) in [5.74, 6) is 1.72. The second-order valence-electron chi connectivity index (χ2n) is 14.0. The third kappa shape index (κ3) is 4.39. The van der Waals surface area contributed by atoms with E-state index in [0.29, 0.717) is 17.6 Å². The molecular weight excluding hydrogens is 675 g/mol. The maximum Gasteiger partial charge on any atom is 0.238 e. The molecule has 6 nitrogen and oxygen atoms in total. The summed E-state index contributed by atoms with van der Waals surface area (Å²) in [7, 11) is 0.